The standard InChI is InChI=1S/C14H10ClFN4O/c15-10-6-8(4-5-11(10)16)19-14(20-21)9-2-1-3-12-13(9)18-7-17-12/h1-7,21H,(H,17,18)(H,19,20). The third-order valence-corrected chi connectivity index (χ3v) is 3.25. The molecule has 1 aromatic heterocycles. The van der Waals surface area contributed by atoms with Crippen LogP contribution in [0.4, 0.5) is 10.1 Å². The van der Waals surface area contributed by atoms with Crippen LogP contribution >= 0.6 is 11.6 Å². The summed E-state index contributed by atoms with van der Waals surface area (Å²) < 4.78 is 13.1. The van der Waals surface area contributed by atoms with Crippen LogP contribution in [0, 0.1) is 5.82 Å². The first-order valence-corrected chi connectivity index (χ1v) is 6.43. The minimum atomic E-state index is -0.523. The van der Waals surface area contributed by atoms with Crippen LogP contribution in [0.25, 0.3) is 11.0 Å². The summed E-state index contributed by atoms with van der Waals surface area (Å²) in [6.07, 6.45) is 1.55. The minimum Gasteiger partial charge on any atom is -0.344 e. The normalized spacial score (nSPS) is 11.9. The lowest BCUT2D eigenvalue weighted by Crippen LogP contribution is -2.20. The van der Waals surface area contributed by atoms with E-state index in [2.05, 4.69) is 15.0 Å². The lowest BCUT2D eigenvalue weighted by molar-refractivity contribution is 0.235. The molecule has 0 atom stereocenters. The molecule has 106 valence electrons. The van der Waals surface area contributed by atoms with Crippen LogP contribution in [0.15, 0.2) is 47.7 Å². The van der Waals surface area contributed by atoms with E-state index in [1.807, 2.05) is 11.5 Å². The fraction of sp³-hybridized carbons (Fsp3) is 0. The highest BCUT2D eigenvalue weighted by atomic mass is 35.5. The predicted octanol–water partition coefficient (Wildman–Crippen LogP) is 3.41. The van der Waals surface area contributed by atoms with Crippen molar-refractivity contribution in [3.8, 4) is 0 Å². The van der Waals surface area contributed by atoms with E-state index in [1.54, 1.807) is 18.5 Å². The lowest BCUT2D eigenvalue weighted by atomic mass is 10.1. The lowest BCUT2D eigenvalue weighted by Gasteiger charge is -2.06. The number of nitrogens with one attached hydrogen (secondary N) is 2. The Labute approximate surface area is 124 Å². The highest BCUT2D eigenvalue weighted by Crippen LogP contribution is 2.23. The minimum absolute atomic E-state index is 0.0340. The van der Waals surface area contributed by atoms with Gasteiger partial charge in [0.2, 0.25) is 0 Å². The van der Waals surface area contributed by atoms with Crippen LogP contribution in [-0.2, 0) is 0 Å². The van der Waals surface area contributed by atoms with Crippen molar-refractivity contribution in [1.82, 2.24) is 15.4 Å². The number of H-pyrrole nitrogens is 1. The Morgan fingerprint density at radius 3 is 2.95 bits per heavy atom. The van der Waals surface area contributed by atoms with Gasteiger partial charge in [-0.3, -0.25) is 10.7 Å². The van der Waals surface area contributed by atoms with E-state index in [-0.39, 0.29) is 10.9 Å². The molecule has 3 N–H and O–H groups in total. The fourth-order valence-corrected chi connectivity index (χ4v) is 2.17. The second-order valence-electron chi connectivity index (χ2n) is 4.27. The van der Waals surface area contributed by atoms with E-state index in [1.165, 1.54) is 18.2 Å². The van der Waals surface area contributed by atoms with Gasteiger partial charge in [0, 0.05) is 5.56 Å². The summed E-state index contributed by atoms with van der Waals surface area (Å²) in [6, 6.07) is 9.45. The van der Waals surface area contributed by atoms with E-state index in [0.29, 0.717) is 11.3 Å². The van der Waals surface area contributed by atoms with Gasteiger partial charge in [-0.1, -0.05) is 17.7 Å². The van der Waals surface area contributed by atoms with Crippen molar-refractivity contribution in [2.75, 3.05) is 0 Å². The van der Waals surface area contributed by atoms with Gasteiger partial charge in [0.05, 0.1) is 28.1 Å². The van der Waals surface area contributed by atoms with Crippen molar-refractivity contribution >= 4 is 34.2 Å². The Kier molecular flexibility index (Phi) is 3.55. The SMILES string of the molecule is ONC(=Nc1ccc(F)c(Cl)c1)c1cccc2nc[nH]c12. The van der Waals surface area contributed by atoms with Crippen LogP contribution in [0.3, 0.4) is 0 Å². The molecular formula is C14H10ClFN4O. The number of aliphatic imine (C=N–C) groups is 1. The molecule has 3 rings (SSSR count). The number of hydrogen-bond donors (Lipinski definition) is 3. The number of aromatic nitrogens is 2. The molecule has 7 heteroatoms. The molecule has 0 saturated heterocycles. The fourth-order valence-electron chi connectivity index (χ4n) is 1.99. The zero-order valence-electron chi connectivity index (χ0n) is 10.6. The van der Waals surface area contributed by atoms with Crippen molar-refractivity contribution in [2.24, 2.45) is 4.99 Å². The molecule has 5 nitrogen and oxygen atoms in total. The first-order valence-electron chi connectivity index (χ1n) is 6.05. The number of fused-ring (bicyclic) bond motifs is 1. The summed E-state index contributed by atoms with van der Waals surface area (Å²) in [7, 11) is 0. The van der Waals surface area contributed by atoms with Gasteiger partial charge in [-0.25, -0.2) is 14.4 Å². The van der Waals surface area contributed by atoms with E-state index < -0.39 is 5.82 Å². The Morgan fingerprint density at radius 2 is 2.19 bits per heavy atom. The summed E-state index contributed by atoms with van der Waals surface area (Å²) in [5.74, 6) is -0.322. The number of rotatable bonds is 2. The average molecular weight is 305 g/mol. The number of para-hydroxylation sites is 1. The molecule has 0 amide bonds. The molecule has 0 unspecified atom stereocenters. The maximum Gasteiger partial charge on any atom is 0.159 e. The molecule has 0 fully saturated rings. The summed E-state index contributed by atoms with van der Waals surface area (Å²) in [6.45, 7) is 0. The van der Waals surface area contributed by atoms with Crippen molar-refractivity contribution in [2.45, 2.75) is 0 Å². The predicted molar refractivity (Wildman–Crippen MR) is 78.6 cm³/mol. The molecule has 0 aliphatic rings. The number of hydrogen-bond acceptors (Lipinski definition) is 3. The van der Waals surface area contributed by atoms with Crippen molar-refractivity contribution in [3.63, 3.8) is 0 Å². The van der Waals surface area contributed by atoms with Gasteiger partial charge in [-0.2, -0.15) is 0 Å². The third kappa shape index (κ3) is 2.58. The Hall–Kier alpha value is -2.44. The van der Waals surface area contributed by atoms with Crippen LogP contribution in [0.5, 0.6) is 0 Å². The van der Waals surface area contributed by atoms with E-state index >= 15 is 0 Å². The highest BCUT2D eigenvalue weighted by Gasteiger charge is 2.10. The van der Waals surface area contributed by atoms with Crippen LogP contribution in [-0.4, -0.2) is 21.0 Å². The van der Waals surface area contributed by atoms with Gasteiger partial charge in [0.25, 0.3) is 0 Å². The molecular weight excluding hydrogens is 295 g/mol. The average Bonchev–Trinajstić information content (AvgIpc) is 2.97. The van der Waals surface area contributed by atoms with Gasteiger partial charge in [0.1, 0.15) is 5.82 Å². The van der Waals surface area contributed by atoms with E-state index in [4.69, 9.17) is 11.6 Å². The number of nitrogens with zero attached hydrogens (tertiary/aromatic N) is 2. The molecule has 0 saturated carbocycles. The van der Waals surface area contributed by atoms with Crippen molar-refractivity contribution in [1.29, 1.82) is 0 Å². The van der Waals surface area contributed by atoms with Gasteiger partial charge >= 0.3 is 0 Å². The van der Waals surface area contributed by atoms with Crippen LogP contribution in [0.2, 0.25) is 5.02 Å². The van der Waals surface area contributed by atoms with Crippen molar-refractivity contribution < 1.29 is 9.60 Å². The number of aromatic amines is 1. The first kappa shape index (κ1) is 13.5. The summed E-state index contributed by atoms with van der Waals surface area (Å²) in [5.41, 5.74) is 4.56. The van der Waals surface area contributed by atoms with Gasteiger partial charge in [-0.05, 0) is 30.3 Å². The number of benzene rings is 2. The molecule has 0 bridgehead atoms. The number of imidazole rings is 1. The van der Waals surface area contributed by atoms with Crippen LogP contribution in [0.1, 0.15) is 5.56 Å². The Balaban J connectivity index is 2.11. The third-order valence-electron chi connectivity index (χ3n) is 2.96. The van der Waals surface area contributed by atoms with Gasteiger partial charge in [-0.15, -0.1) is 0 Å². The monoisotopic (exact) mass is 304 g/mol. The molecule has 1 heterocycles. The van der Waals surface area contributed by atoms with Crippen molar-refractivity contribution in [3.05, 3.63) is 59.1 Å². The van der Waals surface area contributed by atoms with E-state index in [0.717, 1.165) is 11.0 Å². The smallest absolute Gasteiger partial charge is 0.159 e. The zero-order chi connectivity index (χ0) is 14.8. The molecule has 0 radical (unpaired) electrons. The maximum absolute atomic E-state index is 13.1. The highest BCUT2D eigenvalue weighted by molar-refractivity contribution is 6.31. The maximum atomic E-state index is 13.1. The first-order chi connectivity index (χ1) is 10.2. The molecule has 0 spiro atoms. The number of halogens is 2. The topological polar surface area (TPSA) is 73.3 Å². The number of amidine groups is 1. The molecule has 0 aliphatic carbocycles. The van der Waals surface area contributed by atoms with Crippen LogP contribution < -0.4 is 5.48 Å². The molecule has 21 heavy (non-hydrogen) atoms. The van der Waals surface area contributed by atoms with Gasteiger partial charge < -0.3 is 4.98 Å². The molecule has 0 aliphatic heterocycles. The summed E-state index contributed by atoms with van der Waals surface area (Å²) in [4.78, 5) is 11.4. The molecule has 3 aromatic rings. The second kappa shape index (κ2) is 5.51. The number of hydroxylamine groups is 1. The summed E-state index contributed by atoms with van der Waals surface area (Å²) >= 11 is 5.72. The van der Waals surface area contributed by atoms with Gasteiger partial charge in [0.15, 0.2) is 5.84 Å². The van der Waals surface area contributed by atoms with E-state index in [9.17, 15) is 9.60 Å². The second-order valence-corrected chi connectivity index (χ2v) is 4.68. The quantitative estimate of drug-likeness (QED) is 0.386. The largest absolute Gasteiger partial charge is 0.344 e. The zero-order valence-corrected chi connectivity index (χ0v) is 11.4. The summed E-state index contributed by atoms with van der Waals surface area (Å²) in [5, 5.41) is 9.31. The Morgan fingerprint density at radius 1 is 1.33 bits per heavy atom. The molecule has 2 aromatic carbocycles. The Bertz CT molecular complexity index is 831.